The number of carbonyl (C=O) groups excluding carboxylic acids is 2. The summed E-state index contributed by atoms with van der Waals surface area (Å²) >= 11 is 0. The second-order valence-electron chi connectivity index (χ2n) is 4.83. The molecule has 3 nitrogen and oxygen atoms in total. The van der Waals surface area contributed by atoms with Gasteiger partial charge in [0.25, 0.3) is 0 Å². The molecule has 1 aliphatic heterocycles. The lowest BCUT2D eigenvalue weighted by Crippen LogP contribution is -2.40. The fourth-order valence-electron chi connectivity index (χ4n) is 2.15. The summed E-state index contributed by atoms with van der Waals surface area (Å²) in [7, 11) is 0. The van der Waals surface area contributed by atoms with E-state index in [4.69, 9.17) is 0 Å². The fraction of sp³-hybridized carbons (Fsp3) is 0.429. The zero-order valence-electron chi connectivity index (χ0n) is 10.7. The van der Waals surface area contributed by atoms with E-state index in [0.29, 0.717) is 24.9 Å². The topological polar surface area (TPSA) is 37.4 Å². The van der Waals surface area contributed by atoms with E-state index in [1.165, 1.54) is 17.0 Å². The molecular formula is C14H14F3NO2. The maximum atomic E-state index is 12.4. The summed E-state index contributed by atoms with van der Waals surface area (Å²) in [5.74, 6) is -0.199. The number of likely N-dealkylation sites (tertiary alicyclic amines) is 1. The molecule has 1 aromatic rings. The van der Waals surface area contributed by atoms with Crippen LogP contribution in [-0.2, 0) is 22.2 Å². The molecule has 0 saturated carbocycles. The number of ketones is 1. The van der Waals surface area contributed by atoms with Gasteiger partial charge in [-0.05, 0) is 24.1 Å². The number of halogens is 3. The minimum Gasteiger partial charge on any atom is -0.335 e. The van der Waals surface area contributed by atoms with E-state index in [-0.39, 0.29) is 24.7 Å². The Hall–Kier alpha value is -1.85. The molecule has 2 rings (SSSR count). The average Bonchev–Trinajstić information content (AvgIpc) is 2.38. The van der Waals surface area contributed by atoms with Gasteiger partial charge in [-0.1, -0.05) is 12.1 Å². The zero-order chi connectivity index (χ0) is 14.8. The van der Waals surface area contributed by atoms with Gasteiger partial charge >= 0.3 is 6.18 Å². The summed E-state index contributed by atoms with van der Waals surface area (Å²) in [6, 6.07) is 4.52. The van der Waals surface area contributed by atoms with Crippen LogP contribution in [0.2, 0.25) is 0 Å². The lowest BCUT2D eigenvalue weighted by Gasteiger charge is -2.25. The molecule has 1 heterocycles. The summed E-state index contributed by atoms with van der Waals surface area (Å²) in [6.45, 7) is 0.644. The highest BCUT2D eigenvalue weighted by Crippen LogP contribution is 2.29. The van der Waals surface area contributed by atoms with Crippen molar-refractivity contribution in [3.63, 3.8) is 0 Å². The predicted octanol–water partition coefficient (Wildman–Crippen LogP) is 2.44. The second-order valence-corrected chi connectivity index (χ2v) is 4.83. The quantitative estimate of drug-likeness (QED) is 0.837. The molecule has 108 valence electrons. The first-order chi connectivity index (χ1) is 9.36. The van der Waals surface area contributed by atoms with Gasteiger partial charge in [-0.25, -0.2) is 0 Å². The minimum absolute atomic E-state index is 0.0193. The van der Waals surface area contributed by atoms with Gasteiger partial charge in [-0.3, -0.25) is 9.59 Å². The van der Waals surface area contributed by atoms with Gasteiger partial charge in [0.05, 0.1) is 18.5 Å². The van der Waals surface area contributed by atoms with Crippen LogP contribution in [0.4, 0.5) is 13.2 Å². The van der Waals surface area contributed by atoms with Gasteiger partial charge < -0.3 is 4.90 Å². The van der Waals surface area contributed by atoms with Crippen molar-refractivity contribution in [1.29, 1.82) is 0 Å². The Bertz CT molecular complexity index is 508. The number of piperidine rings is 1. The van der Waals surface area contributed by atoms with E-state index in [1.54, 1.807) is 0 Å². The number of rotatable bonds is 2. The Morgan fingerprint density at radius 3 is 2.40 bits per heavy atom. The number of carbonyl (C=O) groups is 2. The monoisotopic (exact) mass is 285 g/mol. The standard InChI is InChI=1S/C14H14F3NO2/c15-14(16,17)11-5-3-10(4-6-11)8-13(20)18-7-1-2-12(19)9-18/h3-6H,1-2,7-9H2. The first-order valence-electron chi connectivity index (χ1n) is 6.32. The third-order valence-electron chi connectivity index (χ3n) is 3.24. The number of benzene rings is 1. The lowest BCUT2D eigenvalue weighted by atomic mass is 10.1. The SMILES string of the molecule is O=C1CCCN(C(=O)Cc2ccc(C(F)(F)F)cc2)C1. The fourth-order valence-corrected chi connectivity index (χ4v) is 2.15. The maximum Gasteiger partial charge on any atom is 0.416 e. The molecule has 0 N–H and O–H groups in total. The van der Waals surface area contributed by atoms with Crippen LogP contribution in [0.15, 0.2) is 24.3 Å². The van der Waals surface area contributed by atoms with Crippen molar-refractivity contribution < 1.29 is 22.8 Å². The molecule has 1 saturated heterocycles. The highest BCUT2D eigenvalue weighted by Gasteiger charge is 2.30. The Kier molecular flexibility index (Phi) is 4.11. The maximum absolute atomic E-state index is 12.4. The number of nitrogens with zero attached hydrogens (tertiary/aromatic N) is 1. The zero-order valence-corrected chi connectivity index (χ0v) is 10.7. The number of alkyl halides is 3. The highest BCUT2D eigenvalue weighted by atomic mass is 19.4. The molecule has 0 atom stereocenters. The first-order valence-corrected chi connectivity index (χ1v) is 6.32. The Labute approximate surface area is 114 Å². The normalized spacial score (nSPS) is 16.4. The molecule has 1 fully saturated rings. The third kappa shape index (κ3) is 3.59. The van der Waals surface area contributed by atoms with Crippen molar-refractivity contribution in [3.8, 4) is 0 Å². The number of Topliss-reactive ketones (excluding diaryl/α,β-unsaturated/α-hetero) is 1. The van der Waals surface area contributed by atoms with Crippen LogP contribution in [0, 0.1) is 0 Å². The van der Waals surface area contributed by atoms with E-state index in [1.807, 2.05) is 0 Å². The molecule has 0 aromatic heterocycles. The largest absolute Gasteiger partial charge is 0.416 e. The van der Waals surface area contributed by atoms with Crippen molar-refractivity contribution in [2.45, 2.75) is 25.4 Å². The summed E-state index contributed by atoms with van der Waals surface area (Å²) in [4.78, 5) is 24.7. The molecule has 0 aliphatic carbocycles. The van der Waals surface area contributed by atoms with Crippen LogP contribution >= 0.6 is 0 Å². The average molecular weight is 285 g/mol. The first kappa shape index (κ1) is 14.6. The number of amides is 1. The van der Waals surface area contributed by atoms with Gasteiger partial charge in [-0.15, -0.1) is 0 Å². The summed E-state index contributed by atoms with van der Waals surface area (Å²) in [5, 5.41) is 0. The van der Waals surface area contributed by atoms with Crippen LogP contribution in [-0.4, -0.2) is 29.7 Å². The Balaban J connectivity index is 1.99. The predicted molar refractivity (Wildman–Crippen MR) is 66.0 cm³/mol. The third-order valence-corrected chi connectivity index (χ3v) is 3.24. The van der Waals surface area contributed by atoms with Gasteiger partial charge in [0.1, 0.15) is 0 Å². The molecule has 6 heteroatoms. The van der Waals surface area contributed by atoms with E-state index in [9.17, 15) is 22.8 Å². The second kappa shape index (κ2) is 5.64. The number of hydrogen-bond acceptors (Lipinski definition) is 2. The van der Waals surface area contributed by atoms with Crippen LogP contribution in [0.1, 0.15) is 24.0 Å². The van der Waals surface area contributed by atoms with Crippen molar-refractivity contribution in [1.82, 2.24) is 4.90 Å². The summed E-state index contributed by atoms with van der Waals surface area (Å²) in [5.41, 5.74) is -0.220. The summed E-state index contributed by atoms with van der Waals surface area (Å²) in [6.07, 6.45) is -3.21. The molecule has 0 spiro atoms. The van der Waals surface area contributed by atoms with Crippen molar-refractivity contribution in [3.05, 3.63) is 35.4 Å². The van der Waals surface area contributed by atoms with Crippen molar-refractivity contribution >= 4 is 11.7 Å². The molecule has 0 radical (unpaired) electrons. The van der Waals surface area contributed by atoms with E-state index >= 15 is 0 Å². The molecule has 1 amide bonds. The van der Waals surface area contributed by atoms with Crippen LogP contribution in [0.3, 0.4) is 0 Å². The van der Waals surface area contributed by atoms with E-state index in [0.717, 1.165) is 12.1 Å². The molecule has 20 heavy (non-hydrogen) atoms. The molecule has 1 aliphatic rings. The van der Waals surface area contributed by atoms with Gasteiger partial charge in [0.15, 0.2) is 5.78 Å². The highest BCUT2D eigenvalue weighted by molar-refractivity contribution is 5.88. The van der Waals surface area contributed by atoms with Crippen molar-refractivity contribution in [2.75, 3.05) is 13.1 Å². The lowest BCUT2D eigenvalue weighted by molar-refractivity contribution is -0.137. The smallest absolute Gasteiger partial charge is 0.335 e. The molecule has 1 aromatic carbocycles. The molecule has 0 unspecified atom stereocenters. The Morgan fingerprint density at radius 1 is 1.20 bits per heavy atom. The van der Waals surface area contributed by atoms with Crippen LogP contribution in [0.25, 0.3) is 0 Å². The van der Waals surface area contributed by atoms with E-state index < -0.39 is 11.7 Å². The van der Waals surface area contributed by atoms with Crippen LogP contribution in [0.5, 0.6) is 0 Å². The number of hydrogen-bond donors (Lipinski definition) is 0. The minimum atomic E-state index is -4.37. The van der Waals surface area contributed by atoms with Gasteiger partial charge in [0, 0.05) is 13.0 Å². The van der Waals surface area contributed by atoms with Crippen molar-refractivity contribution in [2.24, 2.45) is 0 Å². The van der Waals surface area contributed by atoms with Gasteiger partial charge in [0.2, 0.25) is 5.91 Å². The van der Waals surface area contributed by atoms with Crippen LogP contribution < -0.4 is 0 Å². The summed E-state index contributed by atoms with van der Waals surface area (Å²) < 4.78 is 37.2. The molecule has 0 bridgehead atoms. The Morgan fingerprint density at radius 2 is 1.85 bits per heavy atom. The van der Waals surface area contributed by atoms with Gasteiger partial charge in [-0.2, -0.15) is 13.2 Å². The molecular weight excluding hydrogens is 271 g/mol. The van der Waals surface area contributed by atoms with E-state index in [2.05, 4.69) is 0 Å².